The number of nitrogens with two attached hydrogens (primary N) is 1. The standard InChI is InChI=1S/C17H16ClN3O5/c18-12-6-10(7-15-16(12)26-5-1-4-25-15)9-20-13-3-2-11(17(19)22)8-14(13)21(23)24/h2-3,6-8,20H,1,4-5,9H2,(H2,19,22). The number of carbonyl (C=O) groups is 1. The van der Waals surface area contributed by atoms with Gasteiger partial charge in [0.2, 0.25) is 5.91 Å². The molecule has 8 nitrogen and oxygen atoms in total. The average molecular weight is 378 g/mol. The molecule has 26 heavy (non-hydrogen) atoms. The average Bonchev–Trinajstić information content (AvgIpc) is 2.85. The maximum atomic E-state index is 11.2. The van der Waals surface area contributed by atoms with Gasteiger partial charge in [-0.2, -0.15) is 0 Å². The minimum absolute atomic E-state index is 0.0703. The SMILES string of the molecule is NC(=O)c1ccc(NCc2cc(Cl)c3c(c2)OCCCO3)c([N+](=O)[O-])c1. The van der Waals surface area contributed by atoms with Gasteiger partial charge >= 0.3 is 0 Å². The van der Waals surface area contributed by atoms with Crippen LogP contribution >= 0.6 is 11.6 Å². The van der Waals surface area contributed by atoms with Gasteiger partial charge in [0.1, 0.15) is 5.69 Å². The minimum Gasteiger partial charge on any atom is -0.489 e. The maximum Gasteiger partial charge on any atom is 0.293 e. The van der Waals surface area contributed by atoms with E-state index >= 15 is 0 Å². The Morgan fingerprint density at radius 3 is 2.77 bits per heavy atom. The summed E-state index contributed by atoms with van der Waals surface area (Å²) in [7, 11) is 0. The Kier molecular flexibility index (Phi) is 5.13. The van der Waals surface area contributed by atoms with Crippen molar-refractivity contribution in [2.24, 2.45) is 5.73 Å². The van der Waals surface area contributed by atoms with Gasteiger partial charge in [0.05, 0.1) is 23.2 Å². The van der Waals surface area contributed by atoms with Crippen LogP contribution in [0.2, 0.25) is 5.02 Å². The fourth-order valence-electron chi connectivity index (χ4n) is 2.57. The van der Waals surface area contributed by atoms with Crippen LogP contribution in [0.25, 0.3) is 0 Å². The number of carbonyl (C=O) groups excluding carboxylic acids is 1. The lowest BCUT2D eigenvalue weighted by Gasteiger charge is -2.13. The molecule has 1 heterocycles. The Bertz CT molecular complexity index is 872. The molecule has 0 spiro atoms. The first-order valence-corrected chi connectivity index (χ1v) is 8.23. The molecule has 0 aliphatic carbocycles. The van der Waals surface area contributed by atoms with E-state index in [0.717, 1.165) is 18.1 Å². The van der Waals surface area contributed by atoms with Crippen LogP contribution in [0.3, 0.4) is 0 Å². The van der Waals surface area contributed by atoms with Crippen molar-refractivity contribution in [1.29, 1.82) is 0 Å². The molecule has 2 aromatic rings. The summed E-state index contributed by atoms with van der Waals surface area (Å²) in [5, 5.41) is 14.6. The van der Waals surface area contributed by atoms with E-state index < -0.39 is 10.8 Å². The highest BCUT2D eigenvalue weighted by Crippen LogP contribution is 2.38. The van der Waals surface area contributed by atoms with E-state index in [-0.39, 0.29) is 23.5 Å². The topological polar surface area (TPSA) is 117 Å². The Morgan fingerprint density at radius 2 is 2.04 bits per heavy atom. The molecule has 1 aliphatic rings. The number of nitro groups is 1. The molecule has 2 aromatic carbocycles. The summed E-state index contributed by atoms with van der Waals surface area (Å²) in [6.45, 7) is 1.33. The number of ether oxygens (including phenoxy) is 2. The highest BCUT2D eigenvalue weighted by molar-refractivity contribution is 6.32. The van der Waals surface area contributed by atoms with Crippen molar-refractivity contribution in [2.45, 2.75) is 13.0 Å². The molecule has 0 saturated heterocycles. The second kappa shape index (κ2) is 7.49. The summed E-state index contributed by atoms with van der Waals surface area (Å²) in [6.07, 6.45) is 0.761. The molecular weight excluding hydrogens is 362 g/mol. The van der Waals surface area contributed by atoms with Crippen molar-refractivity contribution in [1.82, 2.24) is 0 Å². The largest absolute Gasteiger partial charge is 0.489 e. The fraction of sp³-hybridized carbons (Fsp3) is 0.235. The summed E-state index contributed by atoms with van der Waals surface area (Å²) >= 11 is 6.25. The first-order valence-electron chi connectivity index (χ1n) is 7.86. The number of primary amides is 1. The van der Waals surface area contributed by atoms with Crippen LogP contribution in [0.4, 0.5) is 11.4 Å². The van der Waals surface area contributed by atoms with Gasteiger partial charge < -0.3 is 20.5 Å². The third kappa shape index (κ3) is 3.80. The molecular formula is C17H16ClN3O5. The number of nitro benzene ring substituents is 1. The number of halogens is 1. The predicted octanol–water partition coefficient (Wildman–Crippen LogP) is 3.12. The summed E-state index contributed by atoms with van der Waals surface area (Å²) in [5.74, 6) is 0.324. The molecule has 9 heteroatoms. The Labute approximate surface area is 154 Å². The van der Waals surface area contributed by atoms with Crippen LogP contribution < -0.4 is 20.5 Å². The number of amides is 1. The van der Waals surface area contributed by atoms with Gasteiger partial charge in [-0.05, 0) is 29.8 Å². The van der Waals surface area contributed by atoms with Gasteiger partial charge in [0.25, 0.3) is 5.69 Å². The summed E-state index contributed by atoms with van der Waals surface area (Å²) in [6, 6.07) is 7.52. The zero-order valence-electron chi connectivity index (χ0n) is 13.7. The Morgan fingerprint density at radius 1 is 1.27 bits per heavy atom. The molecule has 0 aromatic heterocycles. The Balaban J connectivity index is 1.83. The summed E-state index contributed by atoms with van der Waals surface area (Å²) in [5.41, 5.74) is 6.04. The number of nitrogens with zero attached hydrogens (tertiary/aromatic N) is 1. The fourth-order valence-corrected chi connectivity index (χ4v) is 2.86. The molecule has 0 bridgehead atoms. The highest BCUT2D eigenvalue weighted by atomic mass is 35.5. The highest BCUT2D eigenvalue weighted by Gasteiger charge is 2.18. The normalized spacial score (nSPS) is 13.0. The van der Waals surface area contributed by atoms with E-state index in [1.807, 2.05) is 0 Å². The van der Waals surface area contributed by atoms with Crippen LogP contribution in [0.1, 0.15) is 22.3 Å². The lowest BCUT2D eigenvalue weighted by atomic mass is 10.1. The van der Waals surface area contributed by atoms with E-state index in [1.165, 1.54) is 12.1 Å². The zero-order valence-corrected chi connectivity index (χ0v) is 14.4. The molecule has 0 unspecified atom stereocenters. The smallest absolute Gasteiger partial charge is 0.293 e. The number of fused-ring (bicyclic) bond motifs is 1. The van der Waals surface area contributed by atoms with Gasteiger partial charge in [-0.3, -0.25) is 14.9 Å². The van der Waals surface area contributed by atoms with Gasteiger partial charge in [-0.1, -0.05) is 11.6 Å². The minimum atomic E-state index is -0.727. The molecule has 136 valence electrons. The van der Waals surface area contributed by atoms with Crippen LogP contribution in [0, 0.1) is 10.1 Å². The number of nitrogens with one attached hydrogen (secondary N) is 1. The van der Waals surface area contributed by atoms with Crippen molar-refractivity contribution in [3.05, 3.63) is 56.6 Å². The van der Waals surface area contributed by atoms with Gasteiger partial charge in [-0.15, -0.1) is 0 Å². The van der Waals surface area contributed by atoms with E-state index in [9.17, 15) is 14.9 Å². The lowest BCUT2D eigenvalue weighted by Crippen LogP contribution is -2.12. The number of hydrogen-bond acceptors (Lipinski definition) is 6. The molecule has 3 rings (SSSR count). The van der Waals surface area contributed by atoms with E-state index in [0.29, 0.717) is 29.7 Å². The molecule has 0 atom stereocenters. The van der Waals surface area contributed by atoms with Crippen LogP contribution in [0.15, 0.2) is 30.3 Å². The zero-order chi connectivity index (χ0) is 18.7. The molecule has 3 N–H and O–H groups in total. The van der Waals surface area contributed by atoms with Crippen LogP contribution in [-0.4, -0.2) is 24.0 Å². The van der Waals surface area contributed by atoms with Crippen molar-refractivity contribution in [3.63, 3.8) is 0 Å². The number of rotatable bonds is 5. The van der Waals surface area contributed by atoms with Crippen LogP contribution in [0.5, 0.6) is 11.5 Å². The van der Waals surface area contributed by atoms with E-state index in [4.69, 9.17) is 26.8 Å². The van der Waals surface area contributed by atoms with E-state index in [1.54, 1.807) is 12.1 Å². The second-order valence-electron chi connectivity index (χ2n) is 5.66. The van der Waals surface area contributed by atoms with E-state index in [2.05, 4.69) is 5.32 Å². The third-order valence-electron chi connectivity index (χ3n) is 3.82. The third-order valence-corrected chi connectivity index (χ3v) is 4.10. The first-order chi connectivity index (χ1) is 12.5. The Hall–Kier alpha value is -3.00. The quantitative estimate of drug-likeness (QED) is 0.610. The number of anilines is 1. The van der Waals surface area contributed by atoms with Crippen molar-refractivity contribution < 1.29 is 19.2 Å². The monoisotopic (exact) mass is 377 g/mol. The van der Waals surface area contributed by atoms with Gasteiger partial charge in [0.15, 0.2) is 11.5 Å². The molecule has 0 fully saturated rings. The van der Waals surface area contributed by atoms with Crippen molar-refractivity contribution in [3.8, 4) is 11.5 Å². The number of benzene rings is 2. The van der Waals surface area contributed by atoms with Gasteiger partial charge in [-0.25, -0.2) is 0 Å². The molecule has 0 saturated carbocycles. The van der Waals surface area contributed by atoms with Crippen LogP contribution in [-0.2, 0) is 6.54 Å². The predicted molar refractivity (Wildman–Crippen MR) is 96.0 cm³/mol. The maximum absolute atomic E-state index is 11.2. The number of hydrogen-bond donors (Lipinski definition) is 2. The van der Waals surface area contributed by atoms with Gasteiger partial charge in [0, 0.05) is 24.6 Å². The molecule has 0 radical (unpaired) electrons. The molecule has 1 aliphatic heterocycles. The summed E-state index contributed by atoms with van der Waals surface area (Å²) < 4.78 is 11.2. The van der Waals surface area contributed by atoms with Crippen molar-refractivity contribution in [2.75, 3.05) is 18.5 Å². The first kappa shape index (κ1) is 17.8. The molecule has 1 amide bonds. The lowest BCUT2D eigenvalue weighted by molar-refractivity contribution is -0.384. The van der Waals surface area contributed by atoms with Crippen molar-refractivity contribution >= 4 is 28.9 Å². The second-order valence-corrected chi connectivity index (χ2v) is 6.07. The summed E-state index contributed by atoms with van der Waals surface area (Å²) in [4.78, 5) is 21.9.